The molecule has 0 spiro atoms. The zero-order valence-electron chi connectivity index (χ0n) is 14.7. The number of benzene rings is 2. The lowest BCUT2D eigenvalue weighted by atomic mass is 10.1. The van der Waals surface area contributed by atoms with Crippen molar-refractivity contribution in [2.24, 2.45) is 0 Å². The van der Waals surface area contributed by atoms with Crippen molar-refractivity contribution in [1.82, 2.24) is 0 Å². The van der Waals surface area contributed by atoms with E-state index in [2.05, 4.69) is 4.72 Å². The zero-order chi connectivity index (χ0) is 18.2. The summed E-state index contributed by atoms with van der Waals surface area (Å²) >= 11 is 0. The van der Waals surface area contributed by atoms with Crippen LogP contribution in [0.2, 0.25) is 0 Å². The lowest BCUT2D eigenvalue weighted by Crippen LogP contribution is -2.24. The monoisotopic (exact) mass is 358 g/mol. The number of sulfonamides is 1. The molecule has 0 aliphatic carbocycles. The fraction of sp³-hybridized carbons (Fsp3) is 0.316. The molecule has 0 aromatic heterocycles. The Balaban J connectivity index is 1.92. The first-order chi connectivity index (χ1) is 11.8. The molecule has 1 N–H and O–H groups in total. The molecule has 0 saturated carbocycles. The molecule has 3 rings (SSSR count). The van der Waals surface area contributed by atoms with Gasteiger partial charge in [-0.15, -0.1) is 0 Å². The van der Waals surface area contributed by atoms with E-state index < -0.39 is 10.0 Å². The fourth-order valence-electron chi connectivity index (χ4n) is 2.96. The Kier molecular flexibility index (Phi) is 4.56. The van der Waals surface area contributed by atoms with Gasteiger partial charge in [0.05, 0.1) is 10.6 Å². The summed E-state index contributed by atoms with van der Waals surface area (Å²) in [5.41, 5.74) is 4.14. The minimum atomic E-state index is -3.67. The van der Waals surface area contributed by atoms with Crippen LogP contribution in [-0.2, 0) is 14.8 Å². The van der Waals surface area contributed by atoms with Crippen LogP contribution in [-0.4, -0.2) is 20.9 Å². The van der Waals surface area contributed by atoms with Gasteiger partial charge in [0, 0.05) is 18.7 Å². The van der Waals surface area contributed by atoms with Crippen molar-refractivity contribution in [1.29, 1.82) is 0 Å². The predicted molar refractivity (Wildman–Crippen MR) is 99.5 cm³/mol. The summed E-state index contributed by atoms with van der Waals surface area (Å²) in [6, 6.07) is 10.3. The van der Waals surface area contributed by atoms with E-state index in [4.69, 9.17) is 0 Å². The summed E-state index contributed by atoms with van der Waals surface area (Å²) in [5, 5.41) is 0. The third kappa shape index (κ3) is 3.54. The normalized spacial score (nSPS) is 14.8. The summed E-state index contributed by atoms with van der Waals surface area (Å²) in [6.45, 7) is 6.42. The van der Waals surface area contributed by atoms with E-state index in [0.29, 0.717) is 18.7 Å². The molecule has 1 aliphatic heterocycles. The summed E-state index contributed by atoms with van der Waals surface area (Å²) in [5.74, 6) is 0.0808. The molecule has 1 saturated heterocycles. The van der Waals surface area contributed by atoms with Crippen LogP contribution < -0.4 is 9.62 Å². The SMILES string of the molecule is Cc1ccc(S(=O)(=O)Nc2ccc(C)c(N3CCCC3=O)c2)cc1C. The predicted octanol–water partition coefficient (Wildman–Crippen LogP) is 3.54. The standard InChI is InChI=1S/C19H22N2O3S/c1-13-7-9-17(11-15(13)3)25(23,24)20-16-8-6-14(2)18(12-16)21-10-4-5-19(21)22/h6-9,11-12,20H,4-5,10H2,1-3H3. The van der Waals surface area contributed by atoms with Gasteiger partial charge in [-0.2, -0.15) is 0 Å². The Morgan fingerprint density at radius 3 is 2.32 bits per heavy atom. The molecule has 1 amide bonds. The van der Waals surface area contributed by atoms with E-state index in [1.54, 1.807) is 35.2 Å². The van der Waals surface area contributed by atoms with Gasteiger partial charge >= 0.3 is 0 Å². The second kappa shape index (κ2) is 6.52. The minimum Gasteiger partial charge on any atom is -0.312 e. The lowest BCUT2D eigenvalue weighted by molar-refractivity contribution is -0.117. The number of hydrogen-bond acceptors (Lipinski definition) is 3. The molecule has 1 aliphatic rings. The number of nitrogens with one attached hydrogen (secondary N) is 1. The molecule has 5 nitrogen and oxygen atoms in total. The maximum absolute atomic E-state index is 12.7. The first-order valence-electron chi connectivity index (χ1n) is 8.29. The van der Waals surface area contributed by atoms with Gasteiger partial charge in [0.1, 0.15) is 0 Å². The van der Waals surface area contributed by atoms with Crippen molar-refractivity contribution in [3.05, 3.63) is 53.1 Å². The number of carbonyl (C=O) groups is 1. The molecule has 6 heteroatoms. The third-order valence-electron chi connectivity index (χ3n) is 4.61. The van der Waals surface area contributed by atoms with Crippen molar-refractivity contribution in [3.63, 3.8) is 0 Å². The number of anilines is 2. The summed E-state index contributed by atoms with van der Waals surface area (Å²) < 4.78 is 27.9. The van der Waals surface area contributed by atoms with Crippen molar-refractivity contribution in [3.8, 4) is 0 Å². The quantitative estimate of drug-likeness (QED) is 0.909. The van der Waals surface area contributed by atoms with E-state index in [0.717, 1.165) is 28.8 Å². The molecule has 0 atom stereocenters. The van der Waals surface area contributed by atoms with Gasteiger partial charge in [-0.1, -0.05) is 12.1 Å². The van der Waals surface area contributed by atoms with Crippen molar-refractivity contribution in [2.75, 3.05) is 16.2 Å². The summed E-state index contributed by atoms with van der Waals surface area (Å²) in [6.07, 6.45) is 1.37. The van der Waals surface area contributed by atoms with Crippen LogP contribution in [0.1, 0.15) is 29.5 Å². The van der Waals surface area contributed by atoms with Gasteiger partial charge in [-0.05, 0) is 68.1 Å². The Hall–Kier alpha value is -2.34. The molecule has 0 unspecified atom stereocenters. The van der Waals surface area contributed by atoms with Crippen LogP contribution >= 0.6 is 0 Å². The van der Waals surface area contributed by atoms with E-state index >= 15 is 0 Å². The van der Waals surface area contributed by atoms with Crippen LogP contribution in [0, 0.1) is 20.8 Å². The maximum atomic E-state index is 12.7. The second-order valence-corrected chi connectivity index (χ2v) is 8.18. The van der Waals surface area contributed by atoms with E-state index in [1.807, 2.05) is 26.8 Å². The molecule has 2 aromatic rings. The largest absolute Gasteiger partial charge is 0.312 e. The Morgan fingerprint density at radius 2 is 1.68 bits per heavy atom. The Bertz CT molecular complexity index is 936. The third-order valence-corrected chi connectivity index (χ3v) is 5.99. The molecule has 25 heavy (non-hydrogen) atoms. The highest BCUT2D eigenvalue weighted by atomic mass is 32.2. The van der Waals surface area contributed by atoms with Gasteiger partial charge in [0.25, 0.3) is 10.0 Å². The van der Waals surface area contributed by atoms with E-state index in [-0.39, 0.29) is 10.8 Å². The lowest BCUT2D eigenvalue weighted by Gasteiger charge is -2.20. The summed E-state index contributed by atoms with van der Waals surface area (Å²) in [7, 11) is -3.67. The minimum absolute atomic E-state index is 0.0808. The highest BCUT2D eigenvalue weighted by Gasteiger charge is 2.24. The molecule has 0 radical (unpaired) electrons. The van der Waals surface area contributed by atoms with Gasteiger partial charge in [0.15, 0.2) is 0 Å². The number of aryl methyl sites for hydroxylation is 3. The van der Waals surface area contributed by atoms with Gasteiger partial charge < -0.3 is 4.90 Å². The molecule has 2 aromatic carbocycles. The Morgan fingerprint density at radius 1 is 0.960 bits per heavy atom. The van der Waals surface area contributed by atoms with Gasteiger partial charge in [-0.3, -0.25) is 9.52 Å². The molecular weight excluding hydrogens is 336 g/mol. The number of hydrogen-bond donors (Lipinski definition) is 1. The molecule has 1 heterocycles. The van der Waals surface area contributed by atoms with E-state index in [1.165, 1.54) is 0 Å². The highest BCUT2D eigenvalue weighted by molar-refractivity contribution is 7.92. The van der Waals surface area contributed by atoms with Crippen LogP contribution in [0.4, 0.5) is 11.4 Å². The molecule has 0 bridgehead atoms. The van der Waals surface area contributed by atoms with Crippen molar-refractivity contribution in [2.45, 2.75) is 38.5 Å². The number of nitrogens with zero attached hydrogens (tertiary/aromatic N) is 1. The second-order valence-electron chi connectivity index (χ2n) is 6.50. The van der Waals surface area contributed by atoms with Crippen molar-refractivity contribution < 1.29 is 13.2 Å². The number of carbonyl (C=O) groups excluding carboxylic acids is 1. The number of amides is 1. The fourth-order valence-corrected chi connectivity index (χ4v) is 4.10. The highest BCUT2D eigenvalue weighted by Crippen LogP contribution is 2.29. The summed E-state index contributed by atoms with van der Waals surface area (Å²) in [4.78, 5) is 14.0. The molecule has 1 fully saturated rings. The smallest absolute Gasteiger partial charge is 0.261 e. The van der Waals surface area contributed by atoms with Crippen LogP contribution in [0.5, 0.6) is 0 Å². The average Bonchev–Trinajstić information content (AvgIpc) is 2.97. The topological polar surface area (TPSA) is 66.5 Å². The first kappa shape index (κ1) is 17.5. The maximum Gasteiger partial charge on any atom is 0.261 e. The van der Waals surface area contributed by atoms with E-state index in [9.17, 15) is 13.2 Å². The van der Waals surface area contributed by atoms with Crippen LogP contribution in [0.25, 0.3) is 0 Å². The molecular formula is C19H22N2O3S. The zero-order valence-corrected chi connectivity index (χ0v) is 15.5. The van der Waals surface area contributed by atoms with Crippen LogP contribution in [0.15, 0.2) is 41.3 Å². The van der Waals surface area contributed by atoms with Crippen molar-refractivity contribution >= 4 is 27.3 Å². The van der Waals surface area contributed by atoms with Gasteiger partial charge in [-0.25, -0.2) is 8.42 Å². The number of rotatable bonds is 4. The average molecular weight is 358 g/mol. The van der Waals surface area contributed by atoms with Crippen LogP contribution in [0.3, 0.4) is 0 Å². The molecule has 132 valence electrons. The Labute approximate surface area is 148 Å². The van der Waals surface area contributed by atoms with Gasteiger partial charge in [0.2, 0.25) is 5.91 Å². The first-order valence-corrected chi connectivity index (χ1v) is 9.77.